The van der Waals surface area contributed by atoms with Crippen molar-refractivity contribution in [1.82, 2.24) is 5.48 Å². The molecular weight excluding hydrogens is 328 g/mol. The Hall–Kier alpha value is 0.1000. The minimum Gasteiger partial charge on any atom is -0.394 e. The van der Waals surface area contributed by atoms with Crippen LogP contribution in [-0.4, -0.2) is 67.4 Å². The number of hydrogen-bond acceptors (Lipinski definition) is 7. The molecule has 1 aliphatic heterocycles. The van der Waals surface area contributed by atoms with Crippen LogP contribution in [0.1, 0.15) is 0 Å². The van der Waals surface area contributed by atoms with Gasteiger partial charge in [0.05, 0.1) is 6.61 Å². The molecular formula is C8H12Cl3NO7. The van der Waals surface area contributed by atoms with Gasteiger partial charge in [0.25, 0.3) is 9.70 Å². The highest BCUT2D eigenvalue weighted by Crippen LogP contribution is 2.26. The summed E-state index contributed by atoms with van der Waals surface area (Å²) in [6.07, 6.45) is -7.57. The second-order valence-electron chi connectivity index (χ2n) is 3.74. The Morgan fingerprint density at radius 3 is 2.26 bits per heavy atom. The molecule has 0 unspecified atom stereocenters. The molecule has 0 aromatic carbocycles. The normalized spacial score (nSPS) is 36.1. The largest absolute Gasteiger partial charge is 0.394 e. The number of nitrogens with one attached hydrogen (secondary N) is 1. The molecule has 1 aliphatic rings. The fourth-order valence-electron chi connectivity index (χ4n) is 1.33. The van der Waals surface area contributed by atoms with Crippen molar-refractivity contribution in [2.45, 2.75) is 34.5 Å². The molecule has 0 radical (unpaired) electrons. The summed E-state index contributed by atoms with van der Waals surface area (Å²) in [6.45, 7) is -0.636. The van der Waals surface area contributed by atoms with E-state index in [1.807, 2.05) is 0 Å². The lowest BCUT2D eigenvalue weighted by molar-refractivity contribution is -0.313. The minimum atomic E-state index is -2.28. The van der Waals surface area contributed by atoms with Gasteiger partial charge in [-0.15, -0.1) is 0 Å². The molecule has 5 N–H and O–H groups in total. The molecule has 0 spiro atoms. The molecule has 112 valence electrons. The predicted molar refractivity (Wildman–Crippen MR) is 63.3 cm³/mol. The molecule has 11 heteroatoms. The number of carbonyl (C=O) groups excluding carboxylic acids is 1. The Bertz CT molecular complexity index is 324. The van der Waals surface area contributed by atoms with Crippen molar-refractivity contribution in [3.05, 3.63) is 0 Å². The third kappa shape index (κ3) is 4.28. The molecule has 1 fully saturated rings. The highest BCUT2D eigenvalue weighted by molar-refractivity contribution is 6.76. The quantitative estimate of drug-likeness (QED) is 0.303. The zero-order valence-electron chi connectivity index (χ0n) is 9.24. The van der Waals surface area contributed by atoms with E-state index in [0.29, 0.717) is 0 Å². The minimum absolute atomic E-state index is 0.636. The number of hydroxylamine groups is 1. The molecule has 0 aliphatic carbocycles. The van der Waals surface area contributed by atoms with Crippen LogP contribution in [0.5, 0.6) is 0 Å². The van der Waals surface area contributed by atoms with Crippen LogP contribution in [0.3, 0.4) is 0 Å². The predicted octanol–water partition coefficient (Wildman–Crippen LogP) is -1.80. The van der Waals surface area contributed by atoms with Gasteiger partial charge in [0.2, 0.25) is 6.29 Å². The van der Waals surface area contributed by atoms with Crippen molar-refractivity contribution in [2.24, 2.45) is 0 Å². The molecule has 0 aromatic heterocycles. The molecule has 0 aromatic rings. The van der Waals surface area contributed by atoms with Gasteiger partial charge in [-0.3, -0.25) is 4.79 Å². The van der Waals surface area contributed by atoms with Crippen molar-refractivity contribution in [3.8, 4) is 0 Å². The van der Waals surface area contributed by atoms with E-state index in [2.05, 4.69) is 4.84 Å². The summed E-state index contributed by atoms with van der Waals surface area (Å²) in [5.41, 5.74) is 1.71. The smallest absolute Gasteiger partial charge is 0.295 e. The fourth-order valence-corrected chi connectivity index (χ4v) is 1.45. The summed E-state index contributed by atoms with van der Waals surface area (Å²) >= 11 is 15.8. The van der Waals surface area contributed by atoms with E-state index in [0.717, 1.165) is 0 Å². The van der Waals surface area contributed by atoms with Crippen LogP contribution < -0.4 is 5.48 Å². The summed E-state index contributed by atoms with van der Waals surface area (Å²) < 4.78 is 2.63. The summed E-state index contributed by atoms with van der Waals surface area (Å²) in [6, 6.07) is 0. The van der Waals surface area contributed by atoms with Crippen LogP contribution in [0, 0.1) is 0 Å². The zero-order valence-corrected chi connectivity index (χ0v) is 11.5. The number of carbonyl (C=O) groups is 1. The van der Waals surface area contributed by atoms with Crippen molar-refractivity contribution in [3.63, 3.8) is 0 Å². The SMILES string of the molecule is O=C(NO[C@@H]1O[C@H](CO)[C@@H](O)[C@H](O)[C@H]1O)C(Cl)(Cl)Cl. The van der Waals surface area contributed by atoms with E-state index < -0.39 is 47.0 Å². The third-order valence-corrected chi connectivity index (χ3v) is 2.89. The maximum atomic E-state index is 11.2. The van der Waals surface area contributed by atoms with Crippen molar-refractivity contribution in [1.29, 1.82) is 0 Å². The van der Waals surface area contributed by atoms with E-state index >= 15 is 0 Å². The molecule has 1 saturated heterocycles. The zero-order chi connectivity index (χ0) is 14.8. The van der Waals surface area contributed by atoms with Crippen LogP contribution in [0.2, 0.25) is 0 Å². The third-order valence-electron chi connectivity index (χ3n) is 2.37. The lowest BCUT2D eigenvalue weighted by Gasteiger charge is -2.39. The van der Waals surface area contributed by atoms with Gasteiger partial charge in [-0.2, -0.15) is 0 Å². The van der Waals surface area contributed by atoms with Gasteiger partial charge in [0.15, 0.2) is 0 Å². The van der Waals surface area contributed by atoms with E-state index in [-0.39, 0.29) is 0 Å². The van der Waals surface area contributed by atoms with E-state index in [4.69, 9.17) is 44.6 Å². The monoisotopic (exact) mass is 339 g/mol. The summed E-state index contributed by atoms with van der Waals surface area (Å²) in [5, 5.41) is 37.4. The van der Waals surface area contributed by atoms with Crippen LogP contribution in [0.4, 0.5) is 0 Å². The number of aliphatic hydroxyl groups excluding tert-OH is 4. The summed E-state index contributed by atoms with van der Waals surface area (Å²) in [7, 11) is 0. The number of ether oxygens (including phenoxy) is 1. The number of rotatable bonds is 3. The number of aliphatic hydroxyl groups is 4. The average Bonchev–Trinajstić information content (AvgIpc) is 2.33. The topological polar surface area (TPSA) is 128 Å². The molecule has 0 bridgehead atoms. The van der Waals surface area contributed by atoms with Gasteiger partial charge in [0, 0.05) is 0 Å². The molecule has 1 rings (SSSR count). The molecule has 5 atom stereocenters. The van der Waals surface area contributed by atoms with E-state index in [9.17, 15) is 20.1 Å². The van der Waals surface area contributed by atoms with Crippen LogP contribution >= 0.6 is 34.8 Å². The van der Waals surface area contributed by atoms with Gasteiger partial charge < -0.3 is 25.2 Å². The van der Waals surface area contributed by atoms with Crippen molar-refractivity contribution >= 4 is 40.7 Å². The Labute approximate surface area is 122 Å². The molecule has 1 amide bonds. The van der Waals surface area contributed by atoms with Crippen LogP contribution in [-0.2, 0) is 14.4 Å². The molecule has 8 nitrogen and oxygen atoms in total. The summed E-state index contributed by atoms with van der Waals surface area (Å²) in [5.74, 6) is -1.14. The van der Waals surface area contributed by atoms with E-state index in [1.165, 1.54) is 0 Å². The Kier molecular flexibility index (Phi) is 6.05. The standard InChI is InChI=1S/C8H12Cl3NO7/c9-8(10,11)7(17)12-19-6-5(16)4(15)3(14)2(1-13)18-6/h2-6,13-16H,1H2,(H,12,17)/t2-,3-,4+,5-,6+/m1/s1. The second kappa shape index (κ2) is 6.70. The van der Waals surface area contributed by atoms with Crippen LogP contribution in [0.25, 0.3) is 0 Å². The molecule has 1 heterocycles. The lowest BCUT2D eigenvalue weighted by atomic mass is 9.99. The van der Waals surface area contributed by atoms with Gasteiger partial charge in [-0.25, -0.2) is 10.3 Å². The molecule has 19 heavy (non-hydrogen) atoms. The number of halogens is 3. The molecule has 0 saturated carbocycles. The highest BCUT2D eigenvalue weighted by Gasteiger charge is 2.45. The van der Waals surface area contributed by atoms with Crippen molar-refractivity contribution in [2.75, 3.05) is 6.61 Å². The van der Waals surface area contributed by atoms with Crippen LogP contribution in [0.15, 0.2) is 0 Å². The average molecular weight is 341 g/mol. The van der Waals surface area contributed by atoms with Gasteiger partial charge >= 0.3 is 0 Å². The Balaban J connectivity index is 2.60. The lowest BCUT2D eigenvalue weighted by Crippen LogP contribution is -2.60. The Morgan fingerprint density at radius 1 is 1.21 bits per heavy atom. The van der Waals surface area contributed by atoms with Crippen molar-refractivity contribution < 1.29 is 34.8 Å². The fraction of sp³-hybridized carbons (Fsp3) is 0.875. The van der Waals surface area contributed by atoms with Gasteiger partial charge in [-0.1, -0.05) is 34.8 Å². The Morgan fingerprint density at radius 2 is 1.79 bits per heavy atom. The number of amides is 1. The van der Waals surface area contributed by atoms with E-state index in [1.54, 1.807) is 5.48 Å². The first-order valence-electron chi connectivity index (χ1n) is 5.01. The first-order chi connectivity index (χ1) is 8.68. The van der Waals surface area contributed by atoms with Gasteiger partial charge in [-0.05, 0) is 0 Å². The summed E-state index contributed by atoms with van der Waals surface area (Å²) in [4.78, 5) is 15.8. The maximum Gasteiger partial charge on any atom is 0.295 e. The number of hydrogen-bond donors (Lipinski definition) is 5. The first-order valence-corrected chi connectivity index (χ1v) is 6.15. The number of alkyl halides is 3. The first kappa shape index (κ1) is 17.2. The highest BCUT2D eigenvalue weighted by atomic mass is 35.6. The second-order valence-corrected chi connectivity index (χ2v) is 6.03. The van der Waals surface area contributed by atoms with Gasteiger partial charge in [0.1, 0.15) is 24.4 Å². The maximum absolute atomic E-state index is 11.2.